The zero-order chi connectivity index (χ0) is 10.6. The SMILES string of the molecule is COOOSc1c(F)cc(Br)cc1F. The summed E-state index contributed by atoms with van der Waals surface area (Å²) in [6, 6.07) is 2.23. The second-order valence-electron chi connectivity index (χ2n) is 2.08. The van der Waals surface area contributed by atoms with E-state index in [1.165, 1.54) is 7.11 Å². The van der Waals surface area contributed by atoms with E-state index in [-0.39, 0.29) is 4.90 Å². The van der Waals surface area contributed by atoms with Crippen LogP contribution in [0.5, 0.6) is 0 Å². The van der Waals surface area contributed by atoms with Gasteiger partial charge in [-0.3, -0.25) is 0 Å². The van der Waals surface area contributed by atoms with Crippen molar-refractivity contribution < 1.29 is 23.0 Å². The van der Waals surface area contributed by atoms with Gasteiger partial charge in [0.1, 0.15) is 16.5 Å². The first-order chi connectivity index (χ1) is 6.65. The third kappa shape index (κ3) is 3.18. The lowest BCUT2D eigenvalue weighted by molar-refractivity contribution is -0.447. The van der Waals surface area contributed by atoms with E-state index in [1.807, 2.05) is 0 Å². The summed E-state index contributed by atoms with van der Waals surface area (Å²) in [5, 5.41) is 4.00. The van der Waals surface area contributed by atoms with E-state index in [0.717, 1.165) is 12.1 Å². The quantitative estimate of drug-likeness (QED) is 0.368. The molecule has 3 nitrogen and oxygen atoms in total. The number of halogens is 3. The van der Waals surface area contributed by atoms with Crippen molar-refractivity contribution >= 4 is 28.0 Å². The normalized spacial score (nSPS) is 10.6. The second-order valence-corrected chi connectivity index (χ2v) is 3.71. The van der Waals surface area contributed by atoms with Gasteiger partial charge in [0.15, 0.2) is 0 Å². The van der Waals surface area contributed by atoms with E-state index >= 15 is 0 Å². The van der Waals surface area contributed by atoms with Gasteiger partial charge in [-0.2, -0.15) is 0 Å². The fraction of sp³-hybridized carbons (Fsp3) is 0.143. The molecule has 0 unspecified atom stereocenters. The average molecular weight is 287 g/mol. The van der Waals surface area contributed by atoms with Gasteiger partial charge in [0.05, 0.1) is 19.2 Å². The van der Waals surface area contributed by atoms with Crippen molar-refractivity contribution in [3.05, 3.63) is 28.2 Å². The Morgan fingerprint density at radius 1 is 1.29 bits per heavy atom. The number of hydrogen-bond acceptors (Lipinski definition) is 4. The van der Waals surface area contributed by atoms with Gasteiger partial charge < -0.3 is 0 Å². The maximum Gasteiger partial charge on any atom is 0.143 e. The molecule has 0 bridgehead atoms. The maximum atomic E-state index is 13.1. The van der Waals surface area contributed by atoms with Gasteiger partial charge in [-0.1, -0.05) is 21.0 Å². The predicted octanol–water partition coefficient (Wildman–Crippen LogP) is 3.24. The largest absolute Gasteiger partial charge is 0.209 e. The molecule has 0 spiro atoms. The molecule has 0 saturated heterocycles. The van der Waals surface area contributed by atoms with E-state index < -0.39 is 11.6 Å². The summed E-state index contributed by atoms with van der Waals surface area (Å²) in [5.74, 6) is -1.50. The molecule has 1 aromatic rings. The molecule has 0 saturated carbocycles. The van der Waals surface area contributed by atoms with Gasteiger partial charge in [0.25, 0.3) is 0 Å². The third-order valence-corrected chi connectivity index (χ3v) is 2.31. The maximum absolute atomic E-state index is 13.1. The highest BCUT2D eigenvalue weighted by Crippen LogP contribution is 2.28. The van der Waals surface area contributed by atoms with Crippen molar-refractivity contribution in [1.29, 1.82) is 0 Å². The topological polar surface area (TPSA) is 27.7 Å². The van der Waals surface area contributed by atoms with Gasteiger partial charge in [0.2, 0.25) is 0 Å². The molecule has 0 fully saturated rings. The molecule has 0 N–H and O–H groups in total. The van der Waals surface area contributed by atoms with Crippen molar-refractivity contribution in [2.24, 2.45) is 0 Å². The van der Waals surface area contributed by atoms with E-state index in [0.29, 0.717) is 16.5 Å². The van der Waals surface area contributed by atoms with Crippen LogP contribution in [0.15, 0.2) is 21.5 Å². The number of benzene rings is 1. The molecule has 0 heterocycles. The lowest BCUT2D eigenvalue weighted by Crippen LogP contribution is -1.90. The highest BCUT2D eigenvalue weighted by molar-refractivity contribution is 9.10. The average Bonchev–Trinajstić information content (AvgIpc) is 2.09. The smallest absolute Gasteiger partial charge is 0.143 e. The Hall–Kier alpha value is -0.210. The van der Waals surface area contributed by atoms with Gasteiger partial charge in [0, 0.05) is 4.47 Å². The lowest BCUT2D eigenvalue weighted by Gasteiger charge is -2.02. The fourth-order valence-electron chi connectivity index (χ4n) is 0.684. The van der Waals surface area contributed by atoms with Crippen LogP contribution in [0.3, 0.4) is 0 Å². The van der Waals surface area contributed by atoms with Crippen molar-refractivity contribution in [3.63, 3.8) is 0 Å². The molecule has 0 aliphatic carbocycles. The zero-order valence-corrected chi connectivity index (χ0v) is 9.32. The Morgan fingerprint density at radius 2 is 1.86 bits per heavy atom. The standard InChI is InChI=1S/C7H5BrF2O3S/c1-11-12-13-14-7-5(9)2-4(8)3-6(7)10/h2-3H,1H3. The molecule has 0 aromatic heterocycles. The summed E-state index contributed by atoms with van der Waals surface area (Å²) < 4.78 is 30.7. The summed E-state index contributed by atoms with van der Waals surface area (Å²) in [6.45, 7) is 0. The molecule has 0 amide bonds. The van der Waals surface area contributed by atoms with E-state index in [9.17, 15) is 8.78 Å². The molecule has 0 aliphatic rings. The predicted molar refractivity (Wildman–Crippen MR) is 49.1 cm³/mol. The Morgan fingerprint density at radius 3 is 2.36 bits per heavy atom. The molecule has 14 heavy (non-hydrogen) atoms. The van der Waals surface area contributed by atoms with Crippen LogP contribution in [0.1, 0.15) is 0 Å². The summed E-state index contributed by atoms with van der Waals surface area (Å²) in [5.41, 5.74) is 0. The van der Waals surface area contributed by atoms with Crippen LogP contribution < -0.4 is 0 Å². The summed E-state index contributed by atoms with van der Waals surface area (Å²) in [4.78, 5) is 3.77. The molecule has 0 radical (unpaired) electrons. The van der Waals surface area contributed by atoms with Crippen LogP contribution >= 0.6 is 28.0 Å². The first-order valence-corrected chi connectivity index (χ1v) is 4.87. The Balaban J connectivity index is 2.75. The Bertz CT molecular complexity index is 301. The summed E-state index contributed by atoms with van der Waals surface area (Å²) in [7, 11) is 1.20. The first kappa shape index (κ1) is 11.9. The molecular formula is C7H5BrF2O3S. The number of rotatable bonds is 4. The Kier molecular flexibility index (Phi) is 4.76. The van der Waals surface area contributed by atoms with Crippen molar-refractivity contribution in [1.82, 2.24) is 0 Å². The lowest BCUT2D eigenvalue weighted by atomic mass is 10.3. The Labute approximate surface area is 91.5 Å². The minimum Gasteiger partial charge on any atom is -0.209 e. The van der Waals surface area contributed by atoms with E-state index in [4.69, 9.17) is 0 Å². The molecule has 1 rings (SSSR count). The van der Waals surface area contributed by atoms with Crippen molar-refractivity contribution in [3.8, 4) is 0 Å². The van der Waals surface area contributed by atoms with E-state index in [1.54, 1.807) is 0 Å². The number of hydrogen-bond donors (Lipinski definition) is 0. The second kappa shape index (κ2) is 5.62. The zero-order valence-electron chi connectivity index (χ0n) is 6.92. The van der Waals surface area contributed by atoms with Gasteiger partial charge in [-0.25, -0.2) is 13.7 Å². The summed E-state index contributed by atoms with van der Waals surface area (Å²) >= 11 is 3.33. The molecule has 78 valence electrons. The van der Waals surface area contributed by atoms with Crippen LogP contribution in [-0.2, 0) is 14.3 Å². The molecule has 0 aliphatic heterocycles. The van der Waals surface area contributed by atoms with Crippen molar-refractivity contribution in [2.45, 2.75) is 4.90 Å². The van der Waals surface area contributed by atoms with Crippen LogP contribution in [0.25, 0.3) is 0 Å². The fourth-order valence-corrected chi connectivity index (χ4v) is 1.51. The van der Waals surface area contributed by atoms with Gasteiger partial charge >= 0.3 is 0 Å². The van der Waals surface area contributed by atoms with Crippen molar-refractivity contribution in [2.75, 3.05) is 7.11 Å². The highest BCUT2D eigenvalue weighted by Gasteiger charge is 2.12. The molecule has 1 aromatic carbocycles. The van der Waals surface area contributed by atoms with Crippen LogP contribution in [0.2, 0.25) is 0 Å². The van der Waals surface area contributed by atoms with Crippen LogP contribution in [0.4, 0.5) is 8.78 Å². The minimum atomic E-state index is -0.749. The van der Waals surface area contributed by atoms with Crippen LogP contribution in [-0.4, -0.2) is 7.11 Å². The minimum absolute atomic E-state index is 0.301. The molecule has 0 atom stereocenters. The summed E-state index contributed by atoms with van der Waals surface area (Å²) in [6.07, 6.45) is 0. The van der Waals surface area contributed by atoms with Gasteiger partial charge in [-0.05, 0) is 12.1 Å². The molecular weight excluding hydrogens is 282 g/mol. The highest BCUT2D eigenvalue weighted by atomic mass is 79.9. The van der Waals surface area contributed by atoms with Gasteiger partial charge in [-0.15, -0.1) is 4.33 Å². The van der Waals surface area contributed by atoms with Crippen LogP contribution in [0, 0.1) is 11.6 Å². The third-order valence-electron chi connectivity index (χ3n) is 1.18. The monoisotopic (exact) mass is 286 g/mol. The first-order valence-electron chi connectivity index (χ1n) is 3.33. The molecule has 7 heteroatoms. The van der Waals surface area contributed by atoms with E-state index in [2.05, 4.69) is 30.2 Å².